The molecular formula is C24H27N5O2. The summed E-state index contributed by atoms with van der Waals surface area (Å²) >= 11 is 0. The molecule has 2 aliphatic rings. The van der Waals surface area contributed by atoms with Gasteiger partial charge in [0.1, 0.15) is 0 Å². The van der Waals surface area contributed by atoms with Crippen LogP contribution in [0.4, 0.5) is 11.6 Å². The molecule has 2 saturated heterocycles. The molecule has 2 fully saturated rings. The molecule has 7 heteroatoms. The molecule has 3 heterocycles. The van der Waals surface area contributed by atoms with Crippen molar-refractivity contribution in [1.29, 1.82) is 0 Å². The number of rotatable bonds is 4. The number of benzene rings is 2. The number of nitrogens with zero attached hydrogens (tertiary/aromatic N) is 5. The first-order chi connectivity index (χ1) is 15.3. The van der Waals surface area contributed by atoms with Crippen molar-refractivity contribution in [3.63, 3.8) is 0 Å². The van der Waals surface area contributed by atoms with Crippen molar-refractivity contribution in [2.75, 3.05) is 62.3 Å². The van der Waals surface area contributed by atoms with Gasteiger partial charge >= 0.3 is 0 Å². The van der Waals surface area contributed by atoms with E-state index in [1.807, 2.05) is 35.2 Å². The number of piperazine rings is 1. The molecule has 0 radical (unpaired) electrons. The number of hydrogen-bond donors (Lipinski definition) is 0. The van der Waals surface area contributed by atoms with Gasteiger partial charge in [0.2, 0.25) is 5.91 Å². The molecule has 2 aliphatic heterocycles. The van der Waals surface area contributed by atoms with E-state index < -0.39 is 0 Å². The third-order valence-corrected chi connectivity index (χ3v) is 6.15. The summed E-state index contributed by atoms with van der Waals surface area (Å²) in [6.45, 7) is 6.13. The summed E-state index contributed by atoms with van der Waals surface area (Å²) in [6, 6.07) is 18.5. The zero-order chi connectivity index (χ0) is 21.0. The lowest BCUT2D eigenvalue weighted by atomic mass is 10.0. The highest BCUT2D eigenvalue weighted by Gasteiger charge is 2.23. The van der Waals surface area contributed by atoms with Gasteiger partial charge in [-0.1, -0.05) is 42.5 Å². The molecule has 5 rings (SSSR count). The van der Waals surface area contributed by atoms with Crippen LogP contribution < -0.4 is 9.80 Å². The quantitative estimate of drug-likeness (QED) is 0.650. The predicted octanol–water partition coefficient (Wildman–Crippen LogP) is 2.36. The van der Waals surface area contributed by atoms with Crippen molar-refractivity contribution in [3.05, 3.63) is 60.2 Å². The zero-order valence-corrected chi connectivity index (χ0v) is 17.6. The van der Waals surface area contributed by atoms with E-state index in [1.165, 1.54) is 5.39 Å². The zero-order valence-electron chi connectivity index (χ0n) is 17.6. The van der Waals surface area contributed by atoms with Crippen LogP contribution in [-0.4, -0.2) is 73.5 Å². The normalized spacial score (nSPS) is 17.2. The predicted molar refractivity (Wildman–Crippen MR) is 122 cm³/mol. The van der Waals surface area contributed by atoms with E-state index in [-0.39, 0.29) is 5.91 Å². The number of aromatic nitrogens is 2. The van der Waals surface area contributed by atoms with Crippen LogP contribution in [0.5, 0.6) is 0 Å². The van der Waals surface area contributed by atoms with Crippen molar-refractivity contribution < 1.29 is 9.53 Å². The minimum atomic E-state index is 0.185. The summed E-state index contributed by atoms with van der Waals surface area (Å²) in [5.41, 5.74) is 1.09. The highest BCUT2D eigenvalue weighted by molar-refractivity contribution is 5.90. The Morgan fingerprint density at radius 2 is 1.42 bits per heavy atom. The average molecular weight is 418 g/mol. The summed E-state index contributed by atoms with van der Waals surface area (Å²) in [4.78, 5) is 19.3. The highest BCUT2D eigenvalue weighted by atomic mass is 16.5. The minimum absolute atomic E-state index is 0.185. The first kappa shape index (κ1) is 19.8. The number of ether oxygens (including phenoxy) is 1. The van der Waals surface area contributed by atoms with Crippen molar-refractivity contribution >= 4 is 28.3 Å². The van der Waals surface area contributed by atoms with E-state index in [2.05, 4.69) is 44.3 Å². The van der Waals surface area contributed by atoms with E-state index in [9.17, 15) is 4.79 Å². The van der Waals surface area contributed by atoms with Gasteiger partial charge in [-0.2, -0.15) is 0 Å². The van der Waals surface area contributed by atoms with Gasteiger partial charge in [-0.05, 0) is 28.5 Å². The van der Waals surface area contributed by atoms with Gasteiger partial charge < -0.3 is 19.4 Å². The van der Waals surface area contributed by atoms with Crippen LogP contribution in [0.25, 0.3) is 10.8 Å². The van der Waals surface area contributed by atoms with Gasteiger partial charge in [-0.3, -0.25) is 4.79 Å². The molecule has 0 atom stereocenters. The highest BCUT2D eigenvalue weighted by Crippen LogP contribution is 2.21. The topological polar surface area (TPSA) is 61.8 Å². The maximum atomic E-state index is 12.9. The molecule has 1 amide bonds. The maximum absolute atomic E-state index is 12.9. The van der Waals surface area contributed by atoms with E-state index in [0.29, 0.717) is 19.5 Å². The smallest absolute Gasteiger partial charge is 0.227 e. The average Bonchev–Trinajstić information content (AvgIpc) is 2.85. The van der Waals surface area contributed by atoms with Gasteiger partial charge in [0.25, 0.3) is 0 Å². The fourth-order valence-electron chi connectivity index (χ4n) is 4.35. The van der Waals surface area contributed by atoms with E-state index in [0.717, 1.165) is 62.0 Å². The van der Waals surface area contributed by atoms with Crippen molar-refractivity contribution in [3.8, 4) is 0 Å². The Labute approximate surface area is 182 Å². The number of fused-ring (bicyclic) bond motifs is 1. The number of carbonyl (C=O) groups is 1. The lowest BCUT2D eigenvalue weighted by Gasteiger charge is -2.35. The second-order valence-corrected chi connectivity index (χ2v) is 8.03. The van der Waals surface area contributed by atoms with Gasteiger partial charge in [0.05, 0.1) is 19.6 Å². The van der Waals surface area contributed by atoms with Gasteiger partial charge in [0.15, 0.2) is 11.6 Å². The molecule has 31 heavy (non-hydrogen) atoms. The number of hydrogen-bond acceptors (Lipinski definition) is 6. The van der Waals surface area contributed by atoms with Gasteiger partial charge in [-0.25, -0.2) is 0 Å². The molecule has 0 spiro atoms. The Morgan fingerprint density at radius 3 is 2.13 bits per heavy atom. The standard InChI is InChI=1S/C24H27N5O2/c30-24(18-20-6-3-5-19-4-1-2-7-21(19)20)29-12-10-27(11-13-29)22-8-9-23(26-25-22)28-14-16-31-17-15-28/h1-9H,10-18H2. The molecule has 7 nitrogen and oxygen atoms in total. The summed E-state index contributed by atoms with van der Waals surface area (Å²) < 4.78 is 5.40. The molecule has 0 saturated carbocycles. The van der Waals surface area contributed by atoms with Gasteiger partial charge in [0, 0.05) is 39.3 Å². The fourth-order valence-corrected chi connectivity index (χ4v) is 4.35. The first-order valence-electron chi connectivity index (χ1n) is 10.9. The third kappa shape index (κ3) is 4.32. The Kier molecular flexibility index (Phi) is 5.67. The third-order valence-electron chi connectivity index (χ3n) is 6.15. The summed E-state index contributed by atoms with van der Waals surface area (Å²) in [7, 11) is 0. The van der Waals surface area contributed by atoms with Crippen LogP contribution in [0.2, 0.25) is 0 Å². The van der Waals surface area contributed by atoms with E-state index >= 15 is 0 Å². The second kappa shape index (κ2) is 8.89. The molecule has 3 aromatic rings. The van der Waals surface area contributed by atoms with E-state index in [1.54, 1.807) is 0 Å². The van der Waals surface area contributed by atoms with Crippen LogP contribution >= 0.6 is 0 Å². The SMILES string of the molecule is O=C(Cc1cccc2ccccc12)N1CCN(c2ccc(N3CCOCC3)nn2)CC1. The number of amides is 1. The summed E-state index contributed by atoms with van der Waals surface area (Å²) in [6.07, 6.45) is 0.440. The molecule has 0 bridgehead atoms. The van der Waals surface area contributed by atoms with Crippen LogP contribution in [0.1, 0.15) is 5.56 Å². The lowest BCUT2D eigenvalue weighted by Crippen LogP contribution is -2.49. The second-order valence-electron chi connectivity index (χ2n) is 8.03. The monoisotopic (exact) mass is 417 g/mol. The van der Waals surface area contributed by atoms with Crippen LogP contribution in [0, 0.1) is 0 Å². The Hall–Kier alpha value is -3.19. The fraction of sp³-hybridized carbons (Fsp3) is 0.375. The molecule has 2 aromatic carbocycles. The Balaban J connectivity index is 1.18. The molecule has 0 N–H and O–H groups in total. The molecule has 160 valence electrons. The number of morpholine rings is 1. The molecule has 0 unspecified atom stereocenters. The summed E-state index contributed by atoms with van der Waals surface area (Å²) in [5.74, 6) is 1.96. The van der Waals surface area contributed by atoms with Crippen LogP contribution in [0.15, 0.2) is 54.6 Å². The van der Waals surface area contributed by atoms with Crippen LogP contribution in [0.3, 0.4) is 0 Å². The number of carbonyl (C=O) groups excluding carboxylic acids is 1. The number of anilines is 2. The Morgan fingerprint density at radius 1 is 0.774 bits per heavy atom. The molecular weight excluding hydrogens is 390 g/mol. The summed E-state index contributed by atoms with van der Waals surface area (Å²) in [5, 5.41) is 11.2. The van der Waals surface area contributed by atoms with E-state index in [4.69, 9.17) is 4.74 Å². The Bertz CT molecular complexity index is 1040. The van der Waals surface area contributed by atoms with Gasteiger partial charge in [-0.15, -0.1) is 10.2 Å². The first-order valence-corrected chi connectivity index (χ1v) is 10.9. The van der Waals surface area contributed by atoms with Crippen molar-refractivity contribution in [1.82, 2.24) is 15.1 Å². The molecule has 0 aliphatic carbocycles. The van der Waals surface area contributed by atoms with Crippen molar-refractivity contribution in [2.45, 2.75) is 6.42 Å². The largest absolute Gasteiger partial charge is 0.378 e. The van der Waals surface area contributed by atoms with Crippen LogP contribution in [-0.2, 0) is 16.0 Å². The van der Waals surface area contributed by atoms with Crippen molar-refractivity contribution in [2.24, 2.45) is 0 Å². The molecule has 1 aromatic heterocycles. The maximum Gasteiger partial charge on any atom is 0.227 e. The lowest BCUT2D eigenvalue weighted by molar-refractivity contribution is -0.130. The minimum Gasteiger partial charge on any atom is -0.378 e.